The van der Waals surface area contributed by atoms with E-state index in [1.54, 1.807) is 34.4 Å². The summed E-state index contributed by atoms with van der Waals surface area (Å²) >= 11 is 4.83. The molecule has 22 heavy (non-hydrogen) atoms. The van der Waals surface area contributed by atoms with Crippen LogP contribution in [0.4, 0.5) is 0 Å². The lowest BCUT2D eigenvalue weighted by molar-refractivity contribution is 0.0935. The second-order valence-corrected chi connectivity index (χ2v) is 9.33. The lowest BCUT2D eigenvalue weighted by atomic mass is 9.95. The van der Waals surface area contributed by atoms with Crippen molar-refractivity contribution in [2.75, 3.05) is 0 Å². The maximum atomic E-state index is 12.4. The van der Waals surface area contributed by atoms with E-state index >= 15 is 0 Å². The van der Waals surface area contributed by atoms with Crippen molar-refractivity contribution in [1.82, 2.24) is 15.6 Å². The summed E-state index contributed by atoms with van der Waals surface area (Å²) in [6, 6.07) is 5.31. The summed E-state index contributed by atoms with van der Waals surface area (Å²) < 4.78 is 2.15. The van der Waals surface area contributed by atoms with Gasteiger partial charge < -0.3 is 10.6 Å². The zero-order valence-electron chi connectivity index (χ0n) is 12.2. The van der Waals surface area contributed by atoms with Gasteiger partial charge in [0.1, 0.15) is 0 Å². The summed E-state index contributed by atoms with van der Waals surface area (Å²) in [6.45, 7) is 2.00. The molecular formula is C15H17N3OS3. The smallest absolute Gasteiger partial charge is 0.261 e. The van der Waals surface area contributed by atoms with Gasteiger partial charge in [0, 0.05) is 29.2 Å². The molecule has 4 heterocycles. The number of hydrogen-bond donors (Lipinski definition) is 2. The van der Waals surface area contributed by atoms with Gasteiger partial charge in [-0.2, -0.15) is 0 Å². The van der Waals surface area contributed by atoms with Crippen molar-refractivity contribution in [1.29, 1.82) is 0 Å². The quantitative estimate of drug-likeness (QED) is 0.887. The summed E-state index contributed by atoms with van der Waals surface area (Å²) in [7, 11) is 0. The third kappa shape index (κ3) is 2.95. The van der Waals surface area contributed by atoms with E-state index in [0.717, 1.165) is 25.5 Å². The zero-order chi connectivity index (χ0) is 15.1. The number of nitrogens with one attached hydrogen (secondary N) is 2. The van der Waals surface area contributed by atoms with Crippen LogP contribution in [-0.4, -0.2) is 29.0 Å². The van der Waals surface area contributed by atoms with Crippen LogP contribution in [0, 0.1) is 6.92 Å². The van der Waals surface area contributed by atoms with E-state index in [1.807, 2.05) is 24.4 Å². The summed E-state index contributed by atoms with van der Waals surface area (Å²) in [5.41, 5.74) is 1.05. The van der Waals surface area contributed by atoms with Crippen LogP contribution < -0.4 is 10.6 Å². The predicted molar refractivity (Wildman–Crippen MR) is 91.1 cm³/mol. The molecule has 2 aliphatic rings. The van der Waals surface area contributed by atoms with Crippen LogP contribution in [0.15, 0.2) is 26.1 Å². The minimum absolute atomic E-state index is 0.0616. The van der Waals surface area contributed by atoms with Crippen LogP contribution in [0.25, 0.3) is 0 Å². The molecule has 3 atom stereocenters. The lowest BCUT2D eigenvalue weighted by Gasteiger charge is -2.20. The molecule has 7 heteroatoms. The van der Waals surface area contributed by atoms with Crippen LogP contribution in [0.2, 0.25) is 0 Å². The molecule has 0 aliphatic carbocycles. The Morgan fingerprint density at radius 1 is 1.45 bits per heavy atom. The van der Waals surface area contributed by atoms with Crippen LogP contribution in [0.3, 0.4) is 0 Å². The Hall–Kier alpha value is -0.890. The molecule has 0 saturated carbocycles. The summed E-state index contributed by atoms with van der Waals surface area (Å²) in [5, 5.41) is 8.79. The molecule has 4 rings (SSSR count). The summed E-state index contributed by atoms with van der Waals surface area (Å²) in [4.78, 5) is 17.6. The molecule has 2 aromatic heterocycles. The molecule has 0 aromatic carbocycles. The molecule has 0 unspecified atom stereocenters. The molecule has 2 aromatic rings. The van der Waals surface area contributed by atoms with Gasteiger partial charge in [0.25, 0.3) is 5.91 Å². The van der Waals surface area contributed by atoms with Gasteiger partial charge in [-0.15, -0.1) is 22.7 Å². The molecule has 0 spiro atoms. The number of hydrogen-bond acceptors (Lipinski definition) is 6. The van der Waals surface area contributed by atoms with E-state index in [9.17, 15) is 4.79 Å². The molecule has 1 amide bonds. The lowest BCUT2D eigenvalue weighted by Crippen LogP contribution is -2.42. The molecule has 2 bridgehead atoms. The molecule has 116 valence electrons. The Morgan fingerprint density at radius 3 is 3.05 bits per heavy atom. The first kappa shape index (κ1) is 14.7. The fourth-order valence-corrected chi connectivity index (χ4v) is 6.28. The fraction of sp³-hybridized carbons (Fsp3) is 0.467. The van der Waals surface area contributed by atoms with E-state index in [4.69, 9.17) is 0 Å². The third-order valence-electron chi connectivity index (χ3n) is 4.21. The first-order valence-electron chi connectivity index (χ1n) is 7.44. The number of fused-ring (bicyclic) bond motifs is 2. The number of aryl methyl sites for hydroxylation is 1. The average Bonchev–Trinajstić information content (AvgIpc) is 3.24. The number of carbonyl (C=O) groups excluding carboxylic acids is 1. The van der Waals surface area contributed by atoms with E-state index < -0.39 is 0 Å². The monoisotopic (exact) mass is 351 g/mol. The highest BCUT2D eigenvalue weighted by Crippen LogP contribution is 2.35. The fourth-order valence-electron chi connectivity index (χ4n) is 3.19. The van der Waals surface area contributed by atoms with E-state index in [-0.39, 0.29) is 5.91 Å². The van der Waals surface area contributed by atoms with Gasteiger partial charge in [0.2, 0.25) is 0 Å². The molecule has 0 radical (unpaired) electrons. The second-order valence-electron chi connectivity index (χ2n) is 5.84. The topological polar surface area (TPSA) is 54.0 Å². The number of aromatic nitrogens is 1. The van der Waals surface area contributed by atoms with Crippen molar-refractivity contribution in [2.45, 2.75) is 52.9 Å². The molecular weight excluding hydrogens is 334 g/mol. The maximum absolute atomic E-state index is 12.4. The Balaban J connectivity index is 1.39. The van der Waals surface area contributed by atoms with Crippen molar-refractivity contribution < 1.29 is 4.79 Å². The standard InChI is InChI=1S/C15H17N3OS3/c1-8-7-20-15(16-8)22-13-5-4-12(21-13)14(19)18-11-6-9-2-3-10(11)17-9/h4-5,7,9-11,17H,2-3,6H2,1H3,(H,18,19)/t9-,10+,11-/m1/s1. The second kappa shape index (κ2) is 5.96. The van der Waals surface area contributed by atoms with Gasteiger partial charge in [-0.25, -0.2) is 4.98 Å². The molecule has 2 saturated heterocycles. The molecule has 4 nitrogen and oxygen atoms in total. The van der Waals surface area contributed by atoms with Crippen LogP contribution in [-0.2, 0) is 0 Å². The predicted octanol–water partition coefficient (Wildman–Crippen LogP) is 3.29. The van der Waals surface area contributed by atoms with Crippen molar-refractivity contribution in [3.05, 3.63) is 28.1 Å². The van der Waals surface area contributed by atoms with Gasteiger partial charge in [-0.1, -0.05) is 0 Å². The largest absolute Gasteiger partial charge is 0.347 e. The number of rotatable bonds is 4. The molecule has 2 aliphatic heterocycles. The van der Waals surface area contributed by atoms with Gasteiger partial charge >= 0.3 is 0 Å². The Kier molecular flexibility index (Phi) is 3.98. The normalized spacial score (nSPS) is 26.5. The number of thiazole rings is 1. The van der Waals surface area contributed by atoms with E-state index in [2.05, 4.69) is 15.6 Å². The average molecular weight is 352 g/mol. The Morgan fingerprint density at radius 2 is 2.36 bits per heavy atom. The SMILES string of the molecule is Cc1csc(Sc2ccc(C(=O)N[C@@H]3C[C@H]4CC[C@@H]3N4)s2)n1. The first-order valence-corrected chi connectivity index (χ1v) is 9.95. The number of thiophene rings is 1. The van der Waals surface area contributed by atoms with Crippen LogP contribution >= 0.6 is 34.4 Å². The van der Waals surface area contributed by atoms with Crippen molar-refractivity contribution in [3.8, 4) is 0 Å². The Bertz CT molecular complexity index is 696. The minimum Gasteiger partial charge on any atom is -0.347 e. The maximum Gasteiger partial charge on any atom is 0.261 e. The van der Waals surface area contributed by atoms with Crippen LogP contribution in [0.1, 0.15) is 34.6 Å². The Labute approximate surface area is 141 Å². The van der Waals surface area contributed by atoms with Gasteiger partial charge in [-0.05, 0) is 50.1 Å². The summed E-state index contributed by atoms with van der Waals surface area (Å²) in [6.07, 6.45) is 3.51. The number of carbonyl (C=O) groups is 1. The van der Waals surface area contributed by atoms with E-state index in [0.29, 0.717) is 18.1 Å². The third-order valence-corrected chi connectivity index (χ3v) is 7.48. The minimum atomic E-state index is 0.0616. The first-order chi connectivity index (χ1) is 10.7. The van der Waals surface area contributed by atoms with E-state index in [1.165, 1.54) is 12.8 Å². The number of amides is 1. The molecule has 2 fully saturated rings. The van der Waals surface area contributed by atoms with Gasteiger partial charge in [-0.3, -0.25) is 4.79 Å². The number of nitrogens with zero attached hydrogens (tertiary/aromatic N) is 1. The highest BCUT2D eigenvalue weighted by atomic mass is 32.2. The zero-order valence-corrected chi connectivity index (χ0v) is 14.6. The van der Waals surface area contributed by atoms with Crippen molar-refractivity contribution in [3.63, 3.8) is 0 Å². The summed E-state index contributed by atoms with van der Waals surface area (Å²) in [5.74, 6) is 0.0616. The van der Waals surface area contributed by atoms with Crippen molar-refractivity contribution >= 4 is 40.3 Å². The van der Waals surface area contributed by atoms with Gasteiger partial charge in [0.05, 0.1) is 9.09 Å². The van der Waals surface area contributed by atoms with Crippen LogP contribution in [0.5, 0.6) is 0 Å². The van der Waals surface area contributed by atoms with Crippen molar-refractivity contribution in [2.24, 2.45) is 0 Å². The molecule has 2 N–H and O–H groups in total. The van der Waals surface area contributed by atoms with Gasteiger partial charge in [0.15, 0.2) is 4.34 Å². The highest BCUT2D eigenvalue weighted by molar-refractivity contribution is 8.02. The highest BCUT2D eigenvalue weighted by Gasteiger charge is 2.39.